The molecular formula is C27H30N4O7S. The first kappa shape index (κ1) is 29.1. The van der Waals surface area contributed by atoms with E-state index in [1.165, 1.54) is 54.5 Å². The number of carbonyl (C=O) groups excluding carboxylic acids is 2. The van der Waals surface area contributed by atoms with Gasteiger partial charge in [0.15, 0.2) is 0 Å². The molecule has 2 amide bonds. The molecule has 39 heavy (non-hydrogen) atoms. The van der Waals surface area contributed by atoms with Crippen molar-refractivity contribution in [1.29, 1.82) is 0 Å². The Morgan fingerprint density at radius 2 is 1.69 bits per heavy atom. The first-order valence-electron chi connectivity index (χ1n) is 12.1. The average molecular weight is 555 g/mol. The molecule has 0 aliphatic rings. The van der Waals surface area contributed by atoms with Gasteiger partial charge in [-0.15, -0.1) is 0 Å². The van der Waals surface area contributed by atoms with E-state index in [4.69, 9.17) is 4.74 Å². The maximum atomic E-state index is 13.8. The third-order valence-corrected chi connectivity index (χ3v) is 7.76. The van der Waals surface area contributed by atoms with E-state index >= 15 is 0 Å². The normalized spacial score (nSPS) is 11.8. The molecule has 206 valence electrons. The summed E-state index contributed by atoms with van der Waals surface area (Å²) in [6.07, 6.45) is 0. The Hall–Kier alpha value is -4.45. The third-order valence-electron chi connectivity index (χ3n) is 5.97. The summed E-state index contributed by atoms with van der Waals surface area (Å²) in [4.78, 5) is 38.5. The lowest BCUT2D eigenvalue weighted by Gasteiger charge is -2.32. The van der Waals surface area contributed by atoms with Crippen LogP contribution in [-0.2, 0) is 26.2 Å². The summed E-state index contributed by atoms with van der Waals surface area (Å²) in [6, 6.07) is 18.5. The summed E-state index contributed by atoms with van der Waals surface area (Å²) in [5.74, 6) is -0.470. The molecule has 0 spiro atoms. The lowest BCUT2D eigenvalue weighted by atomic mass is 10.1. The number of nitrogens with zero attached hydrogens (tertiary/aromatic N) is 3. The molecule has 1 atom stereocenters. The highest BCUT2D eigenvalue weighted by Crippen LogP contribution is 2.27. The molecule has 1 N–H and O–H groups in total. The topological polar surface area (TPSA) is 139 Å². The first-order valence-corrected chi connectivity index (χ1v) is 13.5. The van der Waals surface area contributed by atoms with Gasteiger partial charge in [0.2, 0.25) is 11.8 Å². The third kappa shape index (κ3) is 7.11. The van der Waals surface area contributed by atoms with Gasteiger partial charge in [0.25, 0.3) is 15.7 Å². The maximum absolute atomic E-state index is 13.8. The lowest BCUT2D eigenvalue weighted by molar-refractivity contribution is -0.384. The minimum Gasteiger partial charge on any atom is -0.497 e. The number of likely N-dealkylation sites (N-methyl/N-ethyl adjacent to an activating group) is 1. The smallest absolute Gasteiger partial charge is 0.271 e. The SMILES string of the molecule is CCNC(=O)[C@@H](C)N(Cc1ccc(OC)cc1)C(=O)CN(c1cccc([N+](=O)[O-])c1)S(=O)(=O)c1ccccc1. The monoisotopic (exact) mass is 554 g/mol. The molecule has 3 aromatic rings. The molecule has 11 nitrogen and oxygen atoms in total. The fourth-order valence-corrected chi connectivity index (χ4v) is 5.27. The van der Waals surface area contributed by atoms with Crippen LogP contribution in [0.1, 0.15) is 19.4 Å². The predicted octanol–water partition coefficient (Wildman–Crippen LogP) is 3.35. The van der Waals surface area contributed by atoms with Crippen LogP contribution in [0.15, 0.2) is 83.8 Å². The number of nitro groups is 1. The van der Waals surface area contributed by atoms with Crippen molar-refractivity contribution in [2.24, 2.45) is 0 Å². The van der Waals surface area contributed by atoms with Gasteiger partial charge in [-0.1, -0.05) is 36.4 Å². The molecule has 0 radical (unpaired) electrons. The number of non-ortho nitro benzene ring substituents is 1. The van der Waals surface area contributed by atoms with Gasteiger partial charge in [-0.2, -0.15) is 0 Å². The van der Waals surface area contributed by atoms with Crippen LogP contribution in [0.25, 0.3) is 0 Å². The number of carbonyl (C=O) groups is 2. The summed E-state index contributed by atoms with van der Waals surface area (Å²) in [7, 11) is -2.79. The minimum atomic E-state index is -4.32. The fraction of sp³-hybridized carbons (Fsp3) is 0.259. The van der Waals surface area contributed by atoms with Crippen LogP contribution in [0.2, 0.25) is 0 Å². The summed E-state index contributed by atoms with van der Waals surface area (Å²) < 4.78 is 33.4. The zero-order chi connectivity index (χ0) is 28.6. The average Bonchev–Trinajstić information content (AvgIpc) is 2.95. The molecule has 0 aliphatic carbocycles. The highest BCUT2D eigenvalue weighted by molar-refractivity contribution is 7.92. The number of nitro benzene ring substituents is 1. The van der Waals surface area contributed by atoms with Crippen molar-refractivity contribution < 1.29 is 27.7 Å². The Morgan fingerprint density at radius 3 is 2.28 bits per heavy atom. The summed E-state index contributed by atoms with van der Waals surface area (Å²) >= 11 is 0. The molecule has 0 bridgehead atoms. The van der Waals surface area contributed by atoms with E-state index in [9.17, 15) is 28.1 Å². The number of ether oxygens (including phenoxy) is 1. The summed E-state index contributed by atoms with van der Waals surface area (Å²) in [6.45, 7) is 2.95. The molecule has 0 unspecified atom stereocenters. The molecule has 12 heteroatoms. The van der Waals surface area contributed by atoms with E-state index in [1.807, 2.05) is 0 Å². The fourth-order valence-electron chi connectivity index (χ4n) is 3.84. The van der Waals surface area contributed by atoms with Crippen LogP contribution in [-0.4, -0.2) is 56.3 Å². The van der Waals surface area contributed by atoms with E-state index in [2.05, 4.69) is 5.32 Å². The number of benzene rings is 3. The second-order valence-electron chi connectivity index (χ2n) is 8.54. The van der Waals surface area contributed by atoms with Crippen LogP contribution in [0, 0.1) is 10.1 Å². The molecule has 0 fully saturated rings. The van der Waals surface area contributed by atoms with E-state index in [-0.39, 0.29) is 22.8 Å². The van der Waals surface area contributed by atoms with E-state index in [0.717, 1.165) is 10.4 Å². The van der Waals surface area contributed by atoms with Crippen LogP contribution in [0.4, 0.5) is 11.4 Å². The molecule has 0 saturated carbocycles. The van der Waals surface area contributed by atoms with E-state index in [0.29, 0.717) is 17.9 Å². The van der Waals surface area contributed by atoms with Crippen molar-refractivity contribution in [1.82, 2.24) is 10.2 Å². The van der Waals surface area contributed by atoms with Gasteiger partial charge < -0.3 is 15.0 Å². The molecule has 0 heterocycles. The van der Waals surface area contributed by atoms with Crippen molar-refractivity contribution in [3.63, 3.8) is 0 Å². The van der Waals surface area contributed by atoms with Gasteiger partial charge >= 0.3 is 0 Å². The van der Waals surface area contributed by atoms with Crippen LogP contribution >= 0.6 is 0 Å². The van der Waals surface area contributed by atoms with Crippen molar-refractivity contribution >= 4 is 33.2 Å². The molecule has 3 aromatic carbocycles. The van der Waals surface area contributed by atoms with Gasteiger partial charge in [-0.05, 0) is 49.7 Å². The zero-order valence-electron chi connectivity index (χ0n) is 21.8. The van der Waals surface area contributed by atoms with Gasteiger partial charge in [0.05, 0.1) is 22.6 Å². The van der Waals surface area contributed by atoms with Crippen LogP contribution < -0.4 is 14.4 Å². The van der Waals surface area contributed by atoms with Crippen molar-refractivity contribution in [2.45, 2.75) is 31.3 Å². The van der Waals surface area contributed by atoms with Crippen molar-refractivity contribution in [3.8, 4) is 5.75 Å². The van der Waals surface area contributed by atoms with Crippen LogP contribution in [0.5, 0.6) is 5.75 Å². The first-order chi connectivity index (χ1) is 18.6. The largest absolute Gasteiger partial charge is 0.497 e. The van der Waals surface area contributed by atoms with Gasteiger partial charge in [0, 0.05) is 25.2 Å². The van der Waals surface area contributed by atoms with E-state index in [1.54, 1.807) is 44.2 Å². The number of anilines is 1. The second kappa shape index (κ2) is 12.9. The number of nitrogens with one attached hydrogen (secondary N) is 1. The standard InChI is InChI=1S/C27H30N4O7S/c1-4-28-27(33)20(2)29(18-21-13-15-24(38-3)16-14-21)26(32)19-30(22-9-8-10-23(17-22)31(34)35)39(36,37)25-11-6-5-7-12-25/h5-17,20H,4,18-19H2,1-3H3,(H,28,33)/t20-/m1/s1. The lowest BCUT2D eigenvalue weighted by Crippen LogP contribution is -2.51. The summed E-state index contributed by atoms with van der Waals surface area (Å²) in [5.41, 5.74) is 0.295. The number of hydrogen-bond donors (Lipinski definition) is 1. The van der Waals surface area contributed by atoms with Gasteiger partial charge in [-0.3, -0.25) is 24.0 Å². The summed E-state index contributed by atoms with van der Waals surface area (Å²) in [5, 5.41) is 14.1. The Balaban J connectivity index is 2.05. The number of amides is 2. The minimum absolute atomic E-state index is 0.00922. The van der Waals surface area contributed by atoms with Crippen molar-refractivity contribution in [2.75, 3.05) is 24.5 Å². The highest BCUT2D eigenvalue weighted by Gasteiger charge is 2.33. The maximum Gasteiger partial charge on any atom is 0.271 e. The number of sulfonamides is 1. The Kier molecular flexibility index (Phi) is 9.61. The molecule has 0 saturated heterocycles. The molecule has 0 aromatic heterocycles. The Bertz CT molecular complexity index is 1410. The van der Waals surface area contributed by atoms with Crippen LogP contribution in [0.3, 0.4) is 0 Å². The number of hydrogen-bond acceptors (Lipinski definition) is 7. The molecule has 3 rings (SSSR count). The number of rotatable bonds is 12. The Morgan fingerprint density at radius 1 is 1.03 bits per heavy atom. The Labute approximate surface area is 227 Å². The van der Waals surface area contributed by atoms with E-state index < -0.39 is 39.3 Å². The van der Waals surface area contributed by atoms with Crippen molar-refractivity contribution in [3.05, 3.63) is 94.5 Å². The predicted molar refractivity (Wildman–Crippen MR) is 146 cm³/mol. The zero-order valence-corrected chi connectivity index (χ0v) is 22.6. The molecular weight excluding hydrogens is 524 g/mol. The number of methoxy groups -OCH3 is 1. The molecule has 0 aliphatic heterocycles. The second-order valence-corrected chi connectivity index (χ2v) is 10.4. The van der Waals surface area contributed by atoms with Gasteiger partial charge in [-0.25, -0.2) is 8.42 Å². The van der Waals surface area contributed by atoms with Gasteiger partial charge in [0.1, 0.15) is 18.3 Å². The quantitative estimate of drug-likeness (QED) is 0.268. The highest BCUT2D eigenvalue weighted by atomic mass is 32.2.